The minimum Gasteiger partial charge on any atom is -0.351 e. The largest absolute Gasteiger partial charge is 0.351 e. The van der Waals surface area contributed by atoms with Crippen LogP contribution in [0, 0.1) is 17.7 Å². The second-order valence-corrected chi connectivity index (χ2v) is 5.86. The van der Waals surface area contributed by atoms with Gasteiger partial charge in [0.1, 0.15) is 5.82 Å². The first-order chi connectivity index (χ1) is 10.1. The van der Waals surface area contributed by atoms with E-state index < -0.39 is 0 Å². The number of amides is 1. The van der Waals surface area contributed by atoms with Crippen molar-refractivity contribution in [3.63, 3.8) is 0 Å². The summed E-state index contributed by atoms with van der Waals surface area (Å²) in [5, 5.41) is 2.78. The molecule has 3 N–H and O–H groups in total. The normalized spacial score (nSPS) is 23.0. The molecule has 1 aromatic carbocycles. The molecule has 21 heavy (non-hydrogen) atoms. The van der Waals surface area contributed by atoms with E-state index in [4.69, 9.17) is 5.73 Å². The molecule has 0 spiro atoms. The van der Waals surface area contributed by atoms with Gasteiger partial charge in [-0.15, -0.1) is 0 Å². The van der Waals surface area contributed by atoms with Crippen LogP contribution >= 0.6 is 0 Å². The van der Waals surface area contributed by atoms with E-state index in [-0.39, 0.29) is 18.3 Å². The zero-order valence-electron chi connectivity index (χ0n) is 12.5. The molecule has 1 fully saturated rings. The van der Waals surface area contributed by atoms with E-state index in [1.54, 1.807) is 18.2 Å². The number of nitrogens with two attached hydrogens (primary N) is 1. The zero-order valence-corrected chi connectivity index (χ0v) is 12.5. The van der Waals surface area contributed by atoms with Gasteiger partial charge in [-0.2, -0.15) is 0 Å². The quantitative estimate of drug-likeness (QED) is 0.862. The Kier molecular flexibility index (Phi) is 5.70. The minimum absolute atomic E-state index is 0.0661. The Bertz CT molecular complexity index is 480. The minimum atomic E-state index is -0.284. The van der Waals surface area contributed by atoms with Crippen LogP contribution in [0.2, 0.25) is 0 Å². The van der Waals surface area contributed by atoms with Crippen molar-refractivity contribution in [1.82, 2.24) is 10.2 Å². The molecule has 0 bridgehead atoms. The first kappa shape index (κ1) is 15.9. The van der Waals surface area contributed by atoms with Crippen LogP contribution in [0.15, 0.2) is 24.3 Å². The molecule has 1 saturated heterocycles. The SMILES string of the molecule is CC1CCN(CC(=O)NCc2ccccc2F)CC1CN. The molecule has 1 amide bonds. The molecular weight excluding hydrogens is 269 g/mol. The van der Waals surface area contributed by atoms with E-state index >= 15 is 0 Å². The maximum absolute atomic E-state index is 13.5. The van der Waals surface area contributed by atoms with Crippen LogP contribution in [0.5, 0.6) is 0 Å². The first-order valence-corrected chi connectivity index (χ1v) is 7.52. The standard InChI is InChI=1S/C16H24FN3O/c1-12-6-7-20(10-14(12)8-18)11-16(21)19-9-13-4-2-3-5-15(13)17/h2-5,12,14H,6-11,18H2,1H3,(H,19,21). The molecule has 4 nitrogen and oxygen atoms in total. The number of carbonyl (C=O) groups excluding carboxylic acids is 1. The summed E-state index contributed by atoms with van der Waals surface area (Å²) < 4.78 is 13.5. The second-order valence-electron chi connectivity index (χ2n) is 5.86. The lowest BCUT2D eigenvalue weighted by atomic mass is 9.87. The fourth-order valence-corrected chi connectivity index (χ4v) is 2.77. The number of carbonyl (C=O) groups is 1. The molecule has 0 aliphatic carbocycles. The van der Waals surface area contributed by atoms with Crippen molar-refractivity contribution in [3.05, 3.63) is 35.6 Å². The summed E-state index contributed by atoms with van der Waals surface area (Å²) in [4.78, 5) is 14.1. The lowest BCUT2D eigenvalue weighted by Gasteiger charge is -2.36. The fourth-order valence-electron chi connectivity index (χ4n) is 2.77. The lowest BCUT2D eigenvalue weighted by molar-refractivity contribution is -0.123. The summed E-state index contributed by atoms with van der Waals surface area (Å²) in [6.45, 7) is 5.25. The van der Waals surface area contributed by atoms with Crippen molar-refractivity contribution in [2.45, 2.75) is 19.9 Å². The highest BCUT2D eigenvalue weighted by molar-refractivity contribution is 5.78. The van der Waals surface area contributed by atoms with Gasteiger partial charge in [0.05, 0.1) is 6.54 Å². The number of rotatable bonds is 5. The van der Waals surface area contributed by atoms with E-state index in [2.05, 4.69) is 17.1 Å². The molecule has 0 radical (unpaired) electrons. The Hall–Kier alpha value is -1.46. The average Bonchev–Trinajstić information content (AvgIpc) is 2.48. The highest BCUT2D eigenvalue weighted by Gasteiger charge is 2.25. The van der Waals surface area contributed by atoms with Gasteiger partial charge in [-0.1, -0.05) is 25.1 Å². The summed E-state index contributed by atoms with van der Waals surface area (Å²) in [6, 6.07) is 6.49. The third kappa shape index (κ3) is 4.51. The van der Waals surface area contributed by atoms with Crippen molar-refractivity contribution < 1.29 is 9.18 Å². The highest BCUT2D eigenvalue weighted by atomic mass is 19.1. The van der Waals surface area contributed by atoms with Gasteiger partial charge in [-0.05, 0) is 37.4 Å². The van der Waals surface area contributed by atoms with Gasteiger partial charge in [0.25, 0.3) is 0 Å². The topological polar surface area (TPSA) is 58.4 Å². The predicted octanol–water partition coefficient (Wildman–Crippen LogP) is 1.36. The van der Waals surface area contributed by atoms with Crippen LogP contribution in [0.4, 0.5) is 4.39 Å². The monoisotopic (exact) mass is 293 g/mol. The van der Waals surface area contributed by atoms with Crippen molar-refractivity contribution >= 4 is 5.91 Å². The van der Waals surface area contributed by atoms with Gasteiger partial charge in [0.2, 0.25) is 5.91 Å². The van der Waals surface area contributed by atoms with Crippen LogP contribution in [0.25, 0.3) is 0 Å². The highest BCUT2D eigenvalue weighted by Crippen LogP contribution is 2.21. The van der Waals surface area contributed by atoms with Gasteiger partial charge in [-0.25, -0.2) is 4.39 Å². The maximum Gasteiger partial charge on any atom is 0.234 e. The Morgan fingerprint density at radius 2 is 2.24 bits per heavy atom. The van der Waals surface area contributed by atoms with Crippen molar-refractivity contribution in [1.29, 1.82) is 0 Å². The third-order valence-corrected chi connectivity index (χ3v) is 4.30. The molecule has 1 aliphatic rings. The Labute approximate surface area is 125 Å². The summed E-state index contributed by atoms with van der Waals surface area (Å²) in [5.74, 6) is 0.724. The van der Waals surface area contributed by atoms with E-state index in [1.807, 2.05) is 0 Å². The zero-order chi connectivity index (χ0) is 15.2. The summed E-state index contributed by atoms with van der Waals surface area (Å²) in [7, 11) is 0. The third-order valence-electron chi connectivity index (χ3n) is 4.30. The Balaban J connectivity index is 1.78. The van der Waals surface area contributed by atoms with Crippen molar-refractivity contribution in [2.75, 3.05) is 26.2 Å². The van der Waals surface area contributed by atoms with Gasteiger partial charge in [0, 0.05) is 18.7 Å². The lowest BCUT2D eigenvalue weighted by Crippen LogP contribution is -2.46. The molecule has 1 aliphatic heterocycles. The smallest absolute Gasteiger partial charge is 0.234 e. The van der Waals surface area contributed by atoms with E-state index in [1.165, 1.54) is 6.07 Å². The number of piperidine rings is 1. The summed E-state index contributed by atoms with van der Waals surface area (Å²) in [6.07, 6.45) is 1.07. The van der Waals surface area contributed by atoms with E-state index in [0.717, 1.165) is 19.5 Å². The van der Waals surface area contributed by atoms with Crippen LogP contribution in [-0.4, -0.2) is 37.0 Å². The van der Waals surface area contributed by atoms with Gasteiger partial charge in [-0.3, -0.25) is 9.69 Å². The number of likely N-dealkylation sites (tertiary alicyclic amines) is 1. The molecule has 1 heterocycles. The number of hydrogen-bond acceptors (Lipinski definition) is 3. The number of halogens is 1. The van der Waals surface area contributed by atoms with E-state index in [0.29, 0.717) is 30.5 Å². The maximum atomic E-state index is 13.5. The van der Waals surface area contributed by atoms with Crippen LogP contribution in [0.3, 0.4) is 0 Å². The van der Waals surface area contributed by atoms with E-state index in [9.17, 15) is 9.18 Å². The van der Waals surface area contributed by atoms with Gasteiger partial charge < -0.3 is 11.1 Å². The number of benzene rings is 1. The molecule has 2 unspecified atom stereocenters. The first-order valence-electron chi connectivity index (χ1n) is 7.52. The molecule has 0 aromatic heterocycles. The average molecular weight is 293 g/mol. The Morgan fingerprint density at radius 1 is 1.48 bits per heavy atom. The molecule has 1 aromatic rings. The molecule has 0 saturated carbocycles. The van der Waals surface area contributed by atoms with Crippen LogP contribution in [0.1, 0.15) is 18.9 Å². The molecular formula is C16H24FN3O. The fraction of sp³-hybridized carbons (Fsp3) is 0.562. The number of nitrogens with one attached hydrogen (secondary N) is 1. The number of nitrogens with zero attached hydrogens (tertiary/aromatic N) is 1. The van der Waals surface area contributed by atoms with Gasteiger partial charge >= 0.3 is 0 Å². The van der Waals surface area contributed by atoms with Crippen LogP contribution < -0.4 is 11.1 Å². The van der Waals surface area contributed by atoms with Crippen molar-refractivity contribution in [2.24, 2.45) is 17.6 Å². The summed E-state index contributed by atoms with van der Waals surface area (Å²) >= 11 is 0. The number of hydrogen-bond donors (Lipinski definition) is 2. The van der Waals surface area contributed by atoms with Gasteiger partial charge in [0.15, 0.2) is 0 Å². The second kappa shape index (κ2) is 7.52. The molecule has 2 atom stereocenters. The molecule has 5 heteroatoms. The van der Waals surface area contributed by atoms with Crippen molar-refractivity contribution in [3.8, 4) is 0 Å². The van der Waals surface area contributed by atoms with Crippen LogP contribution in [-0.2, 0) is 11.3 Å². The summed E-state index contributed by atoms with van der Waals surface area (Å²) in [5.41, 5.74) is 6.28. The predicted molar refractivity (Wildman–Crippen MR) is 81.0 cm³/mol. The Morgan fingerprint density at radius 3 is 2.95 bits per heavy atom. The molecule has 2 rings (SSSR count). The molecule has 116 valence electrons.